The van der Waals surface area contributed by atoms with E-state index in [1.807, 2.05) is 47.4 Å². The second-order valence-corrected chi connectivity index (χ2v) is 8.34. The van der Waals surface area contributed by atoms with Crippen molar-refractivity contribution in [1.82, 2.24) is 24.8 Å². The second-order valence-electron chi connectivity index (χ2n) is 8.34. The van der Waals surface area contributed by atoms with Crippen LogP contribution in [0, 0.1) is 0 Å². The lowest BCUT2D eigenvalue weighted by Gasteiger charge is -2.39. The first-order valence-corrected chi connectivity index (χ1v) is 11.4. The molecular weight excluding hydrogens is 410 g/mol. The number of amides is 1. The number of nitrogens with zero attached hydrogens (tertiary/aromatic N) is 5. The molecule has 4 aromatic rings. The number of carbonyl (C=O) groups excluding carboxylic acids is 1. The molecule has 6 heteroatoms. The molecule has 0 spiro atoms. The van der Waals surface area contributed by atoms with Crippen LogP contribution in [0.25, 0.3) is 0 Å². The SMILES string of the molecule is O=C(c1cn(Cc2ccccc2)nn1)N1CCN(C(c2ccccc2)c2ccccc2)CC1. The molecule has 33 heavy (non-hydrogen) atoms. The lowest BCUT2D eigenvalue weighted by molar-refractivity contribution is 0.0591. The van der Waals surface area contributed by atoms with Crippen LogP contribution in [0.4, 0.5) is 0 Å². The van der Waals surface area contributed by atoms with E-state index < -0.39 is 0 Å². The molecule has 1 aliphatic heterocycles. The third-order valence-corrected chi connectivity index (χ3v) is 6.14. The summed E-state index contributed by atoms with van der Waals surface area (Å²) >= 11 is 0. The van der Waals surface area contributed by atoms with Crippen molar-refractivity contribution in [2.45, 2.75) is 12.6 Å². The van der Waals surface area contributed by atoms with Gasteiger partial charge in [-0.2, -0.15) is 0 Å². The quantitative estimate of drug-likeness (QED) is 0.460. The average Bonchev–Trinajstić information content (AvgIpc) is 3.35. The third-order valence-electron chi connectivity index (χ3n) is 6.14. The van der Waals surface area contributed by atoms with Gasteiger partial charge in [0.05, 0.1) is 18.8 Å². The van der Waals surface area contributed by atoms with Gasteiger partial charge in [-0.15, -0.1) is 5.10 Å². The Labute approximate surface area is 194 Å². The fraction of sp³-hybridized carbons (Fsp3) is 0.222. The maximum Gasteiger partial charge on any atom is 0.276 e. The van der Waals surface area contributed by atoms with Crippen LogP contribution in [0.1, 0.15) is 33.2 Å². The van der Waals surface area contributed by atoms with Crippen molar-refractivity contribution in [2.24, 2.45) is 0 Å². The summed E-state index contributed by atoms with van der Waals surface area (Å²) < 4.78 is 1.72. The topological polar surface area (TPSA) is 54.3 Å². The summed E-state index contributed by atoms with van der Waals surface area (Å²) in [6, 6.07) is 31.4. The van der Waals surface area contributed by atoms with E-state index in [1.54, 1.807) is 10.9 Å². The minimum absolute atomic E-state index is 0.0510. The fourth-order valence-electron chi connectivity index (χ4n) is 4.47. The van der Waals surface area contributed by atoms with Gasteiger partial charge in [0.1, 0.15) is 0 Å². The monoisotopic (exact) mass is 437 g/mol. The van der Waals surface area contributed by atoms with Gasteiger partial charge < -0.3 is 4.90 Å². The van der Waals surface area contributed by atoms with Gasteiger partial charge >= 0.3 is 0 Å². The molecule has 5 rings (SSSR count). The van der Waals surface area contributed by atoms with Gasteiger partial charge in [-0.1, -0.05) is 96.2 Å². The molecule has 2 heterocycles. The number of piperazine rings is 1. The second kappa shape index (κ2) is 9.79. The lowest BCUT2D eigenvalue weighted by atomic mass is 9.96. The van der Waals surface area contributed by atoms with Crippen molar-refractivity contribution in [3.05, 3.63) is 120 Å². The number of hydrogen-bond acceptors (Lipinski definition) is 4. The molecule has 0 N–H and O–H groups in total. The largest absolute Gasteiger partial charge is 0.335 e. The highest BCUT2D eigenvalue weighted by molar-refractivity contribution is 5.92. The van der Waals surface area contributed by atoms with Crippen LogP contribution in [0.5, 0.6) is 0 Å². The van der Waals surface area contributed by atoms with Crippen LogP contribution in [-0.2, 0) is 6.54 Å². The summed E-state index contributed by atoms with van der Waals surface area (Å²) in [5, 5.41) is 8.30. The number of benzene rings is 3. The van der Waals surface area contributed by atoms with E-state index >= 15 is 0 Å². The van der Waals surface area contributed by atoms with Gasteiger partial charge in [-0.05, 0) is 16.7 Å². The molecule has 166 valence electrons. The zero-order valence-electron chi connectivity index (χ0n) is 18.5. The van der Waals surface area contributed by atoms with E-state index in [9.17, 15) is 4.79 Å². The highest BCUT2D eigenvalue weighted by Gasteiger charge is 2.29. The molecular formula is C27H27N5O. The van der Waals surface area contributed by atoms with Crippen LogP contribution in [0.15, 0.2) is 97.2 Å². The van der Waals surface area contributed by atoms with Gasteiger partial charge in [0.15, 0.2) is 5.69 Å². The Morgan fingerprint density at radius 3 is 1.88 bits per heavy atom. The van der Waals surface area contributed by atoms with Gasteiger partial charge in [0.25, 0.3) is 5.91 Å². The number of hydrogen-bond donors (Lipinski definition) is 0. The molecule has 1 amide bonds. The van der Waals surface area contributed by atoms with E-state index in [2.05, 4.69) is 63.7 Å². The Kier molecular flexibility index (Phi) is 6.26. The van der Waals surface area contributed by atoms with Crippen molar-refractivity contribution in [1.29, 1.82) is 0 Å². The highest BCUT2D eigenvalue weighted by Crippen LogP contribution is 2.29. The molecule has 1 saturated heterocycles. The number of aromatic nitrogens is 3. The van der Waals surface area contributed by atoms with Gasteiger partial charge in [-0.25, -0.2) is 4.68 Å². The predicted molar refractivity (Wildman–Crippen MR) is 128 cm³/mol. The van der Waals surface area contributed by atoms with Crippen molar-refractivity contribution >= 4 is 5.91 Å². The van der Waals surface area contributed by atoms with Gasteiger partial charge in [0.2, 0.25) is 0 Å². The van der Waals surface area contributed by atoms with Crippen molar-refractivity contribution in [3.8, 4) is 0 Å². The standard InChI is InChI=1S/C27H27N5O/c33-27(25-21-32(29-28-25)20-22-10-4-1-5-11-22)31-18-16-30(17-19-31)26(23-12-6-2-7-13-23)24-14-8-3-9-15-24/h1-15,21,26H,16-20H2. The molecule has 0 aliphatic carbocycles. The third kappa shape index (κ3) is 4.86. The summed E-state index contributed by atoms with van der Waals surface area (Å²) in [6.45, 7) is 3.54. The minimum Gasteiger partial charge on any atom is -0.335 e. The van der Waals surface area contributed by atoms with Gasteiger partial charge in [-0.3, -0.25) is 9.69 Å². The summed E-state index contributed by atoms with van der Waals surface area (Å²) in [7, 11) is 0. The van der Waals surface area contributed by atoms with E-state index in [0.717, 1.165) is 18.7 Å². The number of rotatable bonds is 6. The average molecular weight is 438 g/mol. The highest BCUT2D eigenvalue weighted by atomic mass is 16.2. The molecule has 1 aromatic heterocycles. The predicted octanol–water partition coefficient (Wildman–Crippen LogP) is 3.87. The molecule has 0 bridgehead atoms. The minimum atomic E-state index is -0.0510. The summed E-state index contributed by atoms with van der Waals surface area (Å²) in [4.78, 5) is 17.4. The molecule has 6 nitrogen and oxygen atoms in total. The Balaban J connectivity index is 1.26. The normalized spacial score (nSPS) is 14.5. The molecule has 0 unspecified atom stereocenters. The number of carbonyl (C=O) groups is 1. The van der Waals surface area contributed by atoms with E-state index in [4.69, 9.17) is 0 Å². The molecule has 0 radical (unpaired) electrons. The Morgan fingerprint density at radius 2 is 1.30 bits per heavy atom. The Bertz CT molecular complexity index is 1130. The maximum atomic E-state index is 13.1. The van der Waals surface area contributed by atoms with Crippen molar-refractivity contribution in [2.75, 3.05) is 26.2 Å². The fourth-order valence-corrected chi connectivity index (χ4v) is 4.47. The first-order chi connectivity index (χ1) is 16.3. The molecule has 0 atom stereocenters. The van der Waals surface area contributed by atoms with E-state index in [-0.39, 0.29) is 11.9 Å². The van der Waals surface area contributed by atoms with Crippen LogP contribution in [-0.4, -0.2) is 56.9 Å². The maximum absolute atomic E-state index is 13.1. The van der Waals surface area contributed by atoms with Crippen LogP contribution in [0.3, 0.4) is 0 Å². The molecule has 0 saturated carbocycles. The zero-order valence-corrected chi connectivity index (χ0v) is 18.5. The van der Waals surface area contributed by atoms with Crippen molar-refractivity contribution in [3.63, 3.8) is 0 Å². The van der Waals surface area contributed by atoms with Crippen LogP contribution < -0.4 is 0 Å². The molecule has 1 fully saturated rings. The Hall–Kier alpha value is -3.77. The summed E-state index contributed by atoms with van der Waals surface area (Å²) in [6.07, 6.45) is 1.75. The van der Waals surface area contributed by atoms with E-state index in [0.29, 0.717) is 25.3 Å². The van der Waals surface area contributed by atoms with Crippen LogP contribution in [0.2, 0.25) is 0 Å². The zero-order chi connectivity index (χ0) is 22.5. The van der Waals surface area contributed by atoms with Crippen molar-refractivity contribution < 1.29 is 4.79 Å². The molecule has 1 aliphatic rings. The Morgan fingerprint density at radius 1 is 0.758 bits per heavy atom. The smallest absolute Gasteiger partial charge is 0.276 e. The van der Waals surface area contributed by atoms with E-state index in [1.165, 1.54) is 11.1 Å². The summed E-state index contributed by atoms with van der Waals surface area (Å²) in [5.74, 6) is -0.0510. The molecule has 3 aromatic carbocycles. The lowest BCUT2D eigenvalue weighted by Crippen LogP contribution is -2.50. The van der Waals surface area contributed by atoms with Gasteiger partial charge in [0, 0.05) is 26.2 Å². The summed E-state index contributed by atoms with van der Waals surface area (Å²) in [5.41, 5.74) is 4.07. The first-order valence-electron chi connectivity index (χ1n) is 11.4. The van der Waals surface area contributed by atoms with Crippen LogP contribution >= 0.6 is 0 Å². The first kappa shape index (κ1) is 21.1.